The van der Waals surface area contributed by atoms with Gasteiger partial charge in [-0.1, -0.05) is 33.6 Å². The van der Waals surface area contributed by atoms with Crippen molar-refractivity contribution in [1.82, 2.24) is 5.32 Å². The fourth-order valence-corrected chi connectivity index (χ4v) is 2.22. The van der Waals surface area contributed by atoms with Crippen LogP contribution in [0.25, 0.3) is 0 Å². The summed E-state index contributed by atoms with van der Waals surface area (Å²) in [7, 11) is 0. The van der Waals surface area contributed by atoms with Gasteiger partial charge in [-0.05, 0) is 25.2 Å². The van der Waals surface area contributed by atoms with E-state index in [2.05, 4.69) is 26.1 Å². The summed E-state index contributed by atoms with van der Waals surface area (Å²) in [6.45, 7) is 6.65. The third-order valence-corrected chi connectivity index (χ3v) is 3.34. The minimum Gasteiger partial charge on any atom is -0.378 e. The third-order valence-electron chi connectivity index (χ3n) is 3.34. The first-order valence-corrected chi connectivity index (χ1v) is 6.13. The van der Waals surface area contributed by atoms with Gasteiger partial charge in [0.25, 0.3) is 0 Å². The molecule has 1 rings (SSSR count). The lowest BCUT2D eigenvalue weighted by atomic mass is 9.86. The van der Waals surface area contributed by atoms with Crippen molar-refractivity contribution in [2.45, 2.75) is 65.1 Å². The summed E-state index contributed by atoms with van der Waals surface area (Å²) in [6, 6.07) is 0.605. The van der Waals surface area contributed by atoms with E-state index in [1.54, 1.807) is 0 Å². The van der Waals surface area contributed by atoms with Gasteiger partial charge in [0.2, 0.25) is 0 Å². The topological polar surface area (TPSA) is 32.3 Å². The molecular weight excluding hydrogens is 174 g/mol. The first-order chi connectivity index (χ1) is 6.69. The van der Waals surface area contributed by atoms with Gasteiger partial charge in [-0.2, -0.15) is 0 Å². The summed E-state index contributed by atoms with van der Waals surface area (Å²) < 4.78 is 0. The molecule has 1 aliphatic carbocycles. The van der Waals surface area contributed by atoms with Gasteiger partial charge in [0.05, 0.1) is 0 Å². The number of rotatable bonds is 7. The molecule has 2 unspecified atom stereocenters. The molecule has 0 aromatic heterocycles. The average Bonchev–Trinajstić information content (AvgIpc) is 2.90. The van der Waals surface area contributed by atoms with Crippen molar-refractivity contribution in [3.05, 3.63) is 0 Å². The highest BCUT2D eigenvalue weighted by Crippen LogP contribution is 2.26. The van der Waals surface area contributed by atoms with E-state index in [1.165, 1.54) is 25.7 Å². The van der Waals surface area contributed by atoms with Gasteiger partial charge in [0.15, 0.2) is 0 Å². The Bertz CT molecular complexity index is 156. The first kappa shape index (κ1) is 12.0. The number of aliphatic hydroxyl groups is 1. The molecule has 14 heavy (non-hydrogen) atoms. The van der Waals surface area contributed by atoms with Gasteiger partial charge >= 0.3 is 0 Å². The van der Waals surface area contributed by atoms with Crippen LogP contribution in [0.3, 0.4) is 0 Å². The fraction of sp³-hybridized carbons (Fsp3) is 1.00. The van der Waals surface area contributed by atoms with Crippen molar-refractivity contribution in [3.8, 4) is 0 Å². The first-order valence-electron chi connectivity index (χ1n) is 6.13. The van der Waals surface area contributed by atoms with Gasteiger partial charge < -0.3 is 5.11 Å². The van der Waals surface area contributed by atoms with Gasteiger partial charge in [-0.3, -0.25) is 5.32 Å². The Labute approximate surface area is 88.1 Å². The lowest BCUT2D eigenvalue weighted by Gasteiger charge is -2.28. The van der Waals surface area contributed by atoms with Crippen LogP contribution in [0.2, 0.25) is 0 Å². The van der Waals surface area contributed by atoms with Crippen LogP contribution in [0.1, 0.15) is 52.9 Å². The average molecular weight is 199 g/mol. The van der Waals surface area contributed by atoms with E-state index < -0.39 is 0 Å². The maximum Gasteiger partial charge on any atom is 0.108 e. The van der Waals surface area contributed by atoms with Gasteiger partial charge in [0.1, 0.15) is 6.23 Å². The van der Waals surface area contributed by atoms with Gasteiger partial charge in [0, 0.05) is 12.0 Å². The number of hydrogen-bond acceptors (Lipinski definition) is 2. The summed E-state index contributed by atoms with van der Waals surface area (Å²) >= 11 is 0. The number of nitrogens with one attached hydrogen (secondary N) is 1. The quantitative estimate of drug-likeness (QED) is 0.618. The zero-order valence-corrected chi connectivity index (χ0v) is 9.79. The molecule has 0 saturated heterocycles. The van der Waals surface area contributed by atoms with E-state index in [9.17, 15) is 5.11 Å². The molecule has 0 spiro atoms. The Morgan fingerprint density at radius 3 is 2.43 bits per heavy atom. The molecule has 84 valence electrons. The molecule has 0 aromatic carbocycles. The molecular formula is C12H25NO. The molecule has 3 atom stereocenters. The normalized spacial score (nSPS) is 23.1. The van der Waals surface area contributed by atoms with Crippen molar-refractivity contribution in [2.75, 3.05) is 0 Å². The molecule has 0 heterocycles. The zero-order valence-electron chi connectivity index (χ0n) is 9.79. The number of aliphatic hydroxyl groups excluding tert-OH is 1. The van der Waals surface area contributed by atoms with Crippen LogP contribution in [0.4, 0.5) is 0 Å². The zero-order chi connectivity index (χ0) is 10.6. The molecule has 0 amide bonds. The monoisotopic (exact) mass is 199 g/mol. The highest BCUT2D eigenvalue weighted by atomic mass is 16.3. The Balaban J connectivity index is 2.33. The van der Waals surface area contributed by atoms with Crippen LogP contribution in [0.15, 0.2) is 0 Å². The Hall–Kier alpha value is -0.0800. The molecule has 0 aliphatic heterocycles. The van der Waals surface area contributed by atoms with Crippen LogP contribution in [0.5, 0.6) is 0 Å². The molecule has 1 fully saturated rings. The summed E-state index contributed by atoms with van der Waals surface area (Å²) in [5.74, 6) is 1.06. The lowest BCUT2D eigenvalue weighted by Crippen LogP contribution is -2.40. The lowest BCUT2D eigenvalue weighted by molar-refractivity contribution is 0.0414. The van der Waals surface area contributed by atoms with Gasteiger partial charge in [-0.25, -0.2) is 0 Å². The second kappa shape index (κ2) is 5.72. The Morgan fingerprint density at radius 2 is 2.00 bits per heavy atom. The summed E-state index contributed by atoms with van der Waals surface area (Å²) in [5.41, 5.74) is 0. The van der Waals surface area contributed by atoms with Gasteiger partial charge in [-0.15, -0.1) is 0 Å². The van der Waals surface area contributed by atoms with Crippen molar-refractivity contribution in [1.29, 1.82) is 0 Å². The van der Waals surface area contributed by atoms with E-state index in [4.69, 9.17) is 0 Å². The second-order valence-corrected chi connectivity index (χ2v) is 4.72. The molecule has 2 heteroatoms. The molecule has 0 aromatic rings. The standard InChI is InChI=1S/C12H25NO/c1-4-6-9(3)11(5-2)12(14)13-10-7-8-10/h9-14H,4-8H2,1-3H3/t9-,11?,12?/m1/s1. The van der Waals surface area contributed by atoms with E-state index in [1.807, 2.05) is 0 Å². The maximum absolute atomic E-state index is 10.0. The van der Waals surface area contributed by atoms with E-state index in [-0.39, 0.29) is 6.23 Å². The summed E-state index contributed by atoms with van der Waals surface area (Å²) in [5, 5.41) is 13.3. The van der Waals surface area contributed by atoms with Crippen LogP contribution < -0.4 is 5.32 Å². The smallest absolute Gasteiger partial charge is 0.108 e. The molecule has 1 aliphatic rings. The number of hydrogen-bond donors (Lipinski definition) is 2. The molecule has 2 N–H and O–H groups in total. The van der Waals surface area contributed by atoms with Crippen LogP contribution in [-0.4, -0.2) is 17.4 Å². The van der Waals surface area contributed by atoms with Crippen molar-refractivity contribution in [2.24, 2.45) is 11.8 Å². The highest BCUT2D eigenvalue weighted by Gasteiger charge is 2.29. The SMILES string of the molecule is CCC[C@@H](C)C(CC)C(O)NC1CC1. The predicted octanol–water partition coefficient (Wildman–Crippen LogP) is 2.52. The highest BCUT2D eigenvalue weighted by molar-refractivity contribution is 4.84. The largest absolute Gasteiger partial charge is 0.378 e. The fourth-order valence-electron chi connectivity index (χ4n) is 2.22. The van der Waals surface area contributed by atoms with E-state index in [0.717, 1.165) is 6.42 Å². The Kier molecular flexibility index (Phi) is 4.90. The third kappa shape index (κ3) is 3.58. The summed E-state index contributed by atoms with van der Waals surface area (Å²) in [6.07, 6.45) is 5.72. The molecule has 0 bridgehead atoms. The molecule has 0 radical (unpaired) electrons. The molecule has 2 nitrogen and oxygen atoms in total. The minimum absolute atomic E-state index is 0.283. The van der Waals surface area contributed by atoms with Crippen molar-refractivity contribution in [3.63, 3.8) is 0 Å². The second-order valence-electron chi connectivity index (χ2n) is 4.72. The Morgan fingerprint density at radius 1 is 1.36 bits per heavy atom. The minimum atomic E-state index is -0.283. The van der Waals surface area contributed by atoms with Crippen molar-refractivity contribution >= 4 is 0 Å². The van der Waals surface area contributed by atoms with Crippen LogP contribution in [0, 0.1) is 11.8 Å². The van der Waals surface area contributed by atoms with Crippen LogP contribution in [-0.2, 0) is 0 Å². The van der Waals surface area contributed by atoms with E-state index in [0.29, 0.717) is 17.9 Å². The van der Waals surface area contributed by atoms with Crippen molar-refractivity contribution < 1.29 is 5.11 Å². The van der Waals surface area contributed by atoms with Crippen LogP contribution >= 0.6 is 0 Å². The molecule has 1 saturated carbocycles. The van der Waals surface area contributed by atoms with E-state index >= 15 is 0 Å². The predicted molar refractivity (Wildman–Crippen MR) is 60.0 cm³/mol. The maximum atomic E-state index is 10.0. The summed E-state index contributed by atoms with van der Waals surface area (Å²) in [4.78, 5) is 0.